The molecule has 0 aliphatic rings. The molecular weight excluding hydrogens is 255 g/mol. The van der Waals surface area contributed by atoms with Gasteiger partial charge >= 0.3 is 0 Å². The maximum absolute atomic E-state index is 13.6. The van der Waals surface area contributed by atoms with Crippen molar-refractivity contribution in [2.45, 2.75) is 33.6 Å². The molecule has 0 aromatic heterocycles. The van der Waals surface area contributed by atoms with Gasteiger partial charge in [-0.1, -0.05) is 39.0 Å². The summed E-state index contributed by atoms with van der Waals surface area (Å²) in [5.74, 6) is -0.367. The zero-order valence-electron chi connectivity index (χ0n) is 12.7. The van der Waals surface area contributed by atoms with Gasteiger partial charge in [0.2, 0.25) is 5.91 Å². The highest BCUT2D eigenvalue weighted by Crippen LogP contribution is 2.17. The molecule has 0 bridgehead atoms. The van der Waals surface area contributed by atoms with Crippen molar-refractivity contribution >= 4 is 5.91 Å². The van der Waals surface area contributed by atoms with Gasteiger partial charge in [-0.25, -0.2) is 4.39 Å². The highest BCUT2D eigenvalue weighted by molar-refractivity contribution is 5.78. The van der Waals surface area contributed by atoms with Crippen molar-refractivity contribution in [1.82, 2.24) is 4.90 Å². The van der Waals surface area contributed by atoms with Crippen molar-refractivity contribution in [3.63, 3.8) is 0 Å². The first-order chi connectivity index (χ1) is 9.39. The fourth-order valence-electron chi connectivity index (χ4n) is 2.06. The number of hydrogen-bond donors (Lipinski definition) is 1. The zero-order chi connectivity index (χ0) is 15.2. The van der Waals surface area contributed by atoms with Gasteiger partial charge in [-0.15, -0.1) is 0 Å². The Kier molecular flexibility index (Phi) is 6.14. The second kappa shape index (κ2) is 7.39. The first-order valence-corrected chi connectivity index (χ1v) is 7.11. The van der Waals surface area contributed by atoms with Crippen LogP contribution in [-0.2, 0) is 11.2 Å². The van der Waals surface area contributed by atoms with Crippen molar-refractivity contribution in [3.05, 3.63) is 35.6 Å². The molecule has 4 heteroatoms. The van der Waals surface area contributed by atoms with Crippen LogP contribution >= 0.6 is 0 Å². The number of carbonyl (C=O) groups is 1. The van der Waals surface area contributed by atoms with Crippen molar-refractivity contribution in [2.24, 2.45) is 11.1 Å². The molecule has 0 aliphatic carbocycles. The quantitative estimate of drug-likeness (QED) is 0.834. The lowest BCUT2D eigenvalue weighted by molar-refractivity contribution is -0.131. The van der Waals surface area contributed by atoms with E-state index in [1.165, 1.54) is 6.07 Å². The average Bonchev–Trinajstić information content (AvgIpc) is 2.40. The number of rotatable bonds is 7. The molecule has 0 aliphatic heterocycles. The van der Waals surface area contributed by atoms with Gasteiger partial charge < -0.3 is 10.6 Å². The predicted octanol–water partition coefficient (Wildman–Crippen LogP) is 2.59. The molecule has 20 heavy (non-hydrogen) atoms. The molecule has 0 saturated carbocycles. The van der Waals surface area contributed by atoms with E-state index >= 15 is 0 Å². The van der Waals surface area contributed by atoms with Crippen LogP contribution in [0.25, 0.3) is 0 Å². The van der Waals surface area contributed by atoms with Crippen LogP contribution in [0.4, 0.5) is 4.39 Å². The van der Waals surface area contributed by atoms with E-state index in [2.05, 4.69) is 0 Å². The van der Waals surface area contributed by atoms with E-state index in [0.717, 1.165) is 6.42 Å². The Morgan fingerprint density at radius 1 is 1.35 bits per heavy atom. The van der Waals surface area contributed by atoms with Crippen LogP contribution in [-0.4, -0.2) is 30.4 Å². The second-order valence-corrected chi connectivity index (χ2v) is 5.95. The van der Waals surface area contributed by atoms with Crippen LogP contribution in [0.2, 0.25) is 0 Å². The Morgan fingerprint density at radius 3 is 2.55 bits per heavy atom. The second-order valence-electron chi connectivity index (χ2n) is 5.95. The fraction of sp³-hybridized carbons (Fsp3) is 0.562. The molecule has 1 rings (SSSR count). The molecule has 0 spiro atoms. The summed E-state index contributed by atoms with van der Waals surface area (Å²) in [6.45, 7) is 7.89. The first-order valence-electron chi connectivity index (χ1n) is 7.11. The molecule has 0 heterocycles. The summed E-state index contributed by atoms with van der Waals surface area (Å²) in [6, 6.07) is 6.42. The lowest BCUT2D eigenvalue weighted by Crippen LogP contribution is -2.43. The van der Waals surface area contributed by atoms with Gasteiger partial charge in [0.05, 0.1) is 6.42 Å². The van der Waals surface area contributed by atoms with E-state index in [-0.39, 0.29) is 23.6 Å². The van der Waals surface area contributed by atoms with Crippen LogP contribution in [0, 0.1) is 11.2 Å². The summed E-state index contributed by atoms with van der Waals surface area (Å²) in [5, 5.41) is 0. The van der Waals surface area contributed by atoms with Crippen LogP contribution in [0.15, 0.2) is 24.3 Å². The summed E-state index contributed by atoms with van der Waals surface area (Å²) < 4.78 is 13.6. The molecule has 0 atom stereocenters. The average molecular weight is 280 g/mol. The molecular formula is C16H25FN2O. The first kappa shape index (κ1) is 16.6. The third-order valence-corrected chi connectivity index (χ3v) is 3.32. The molecule has 2 N–H and O–H groups in total. The number of hydrogen-bond acceptors (Lipinski definition) is 2. The van der Waals surface area contributed by atoms with Crippen LogP contribution in [0.1, 0.15) is 32.8 Å². The largest absolute Gasteiger partial charge is 0.342 e. The number of benzene rings is 1. The van der Waals surface area contributed by atoms with Crippen molar-refractivity contribution < 1.29 is 9.18 Å². The van der Waals surface area contributed by atoms with E-state index in [1.54, 1.807) is 23.1 Å². The van der Waals surface area contributed by atoms with Gasteiger partial charge in [-0.05, 0) is 30.0 Å². The van der Waals surface area contributed by atoms with Crippen LogP contribution in [0.3, 0.4) is 0 Å². The minimum absolute atomic E-state index is 0.0431. The number of nitrogens with zero attached hydrogens (tertiary/aromatic N) is 1. The maximum Gasteiger partial charge on any atom is 0.227 e. The number of amides is 1. The van der Waals surface area contributed by atoms with E-state index in [9.17, 15) is 9.18 Å². The van der Waals surface area contributed by atoms with Crippen molar-refractivity contribution in [3.8, 4) is 0 Å². The number of carbonyl (C=O) groups excluding carboxylic acids is 1. The van der Waals surface area contributed by atoms with Gasteiger partial charge in [0.1, 0.15) is 5.82 Å². The molecule has 0 saturated heterocycles. The minimum Gasteiger partial charge on any atom is -0.342 e. The Labute approximate surface area is 121 Å². The van der Waals surface area contributed by atoms with Crippen LogP contribution < -0.4 is 5.73 Å². The highest BCUT2D eigenvalue weighted by Gasteiger charge is 2.23. The Bertz CT molecular complexity index is 446. The van der Waals surface area contributed by atoms with E-state index in [1.807, 2.05) is 20.8 Å². The number of halogens is 1. The lowest BCUT2D eigenvalue weighted by Gasteiger charge is -2.32. The van der Waals surface area contributed by atoms with Gasteiger partial charge in [-0.3, -0.25) is 4.79 Å². The molecule has 1 aromatic rings. The normalized spacial score (nSPS) is 11.4. The summed E-state index contributed by atoms with van der Waals surface area (Å²) in [4.78, 5) is 14.2. The van der Waals surface area contributed by atoms with Gasteiger partial charge in [0.15, 0.2) is 0 Å². The smallest absolute Gasteiger partial charge is 0.227 e. The van der Waals surface area contributed by atoms with E-state index in [0.29, 0.717) is 25.2 Å². The van der Waals surface area contributed by atoms with Gasteiger partial charge in [0.25, 0.3) is 0 Å². The molecule has 0 unspecified atom stereocenters. The standard InChI is InChI=1S/C16H25FN2O/c1-4-9-19(12-16(2,3)11-18)15(20)10-13-7-5-6-8-14(13)17/h5-8H,4,9-12,18H2,1-3H3. The number of nitrogens with two attached hydrogens (primary N) is 1. The van der Waals surface area contributed by atoms with E-state index in [4.69, 9.17) is 5.73 Å². The lowest BCUT2D eigenvalue weighted by atomic mass is 9.92. The molecule has 1 aromatic carbocycles. The van der Waals surface area contributed by atoms with Crippen molar-refractivity contribution in [1.29, 1.82) is 0 Å². The van der Waals surface area contributed by atoms with Gasteiger partial charge in [-0.2, -0.15) is 0 Å². The molecule has 0 fully saturated rings. The summed E-state index contributed by atoms with van der Waals surface area (Å²) in [5.41, 5.74) is 6.05. The van der Waals surface area contributed by atoms with Gasteiger partial charge in [0, 0.05) is 13.1 Å². The topological polar surface area (TPSA) is 46.3 Å². The van der Waals surface area contributed by atoms with Crippen LogP contribution in [0.5, 0.6) is 0 Å². The Balaban J connectivity index is 2.77. The minimum atomic E-state index is -0.324. The Morgan fingerprint density at radius 2 is 2.00 bits per heavy atom. The maximum atomic E-state index is 13.6. The zero-order valence-corrected chi connectivity index (χ0v) is 12.7. The predicted molar refractivity (Wildman–Crippen MR) is 79.8 cm³/mol. The molecule has 3 nitrogen and oxygen atoms in total. The summed E-state index contributed by atoms with van der Waals surface area (Å²) in [7, 11) is 0. The fourth-order valence-corrected chi connectivity index (χ4v) is 2.06. The van der Waals surface area contributed by atoms with Crippen molar-refractivity contribution in [2.75, 3.05) is 19.6 Å². The molecule has 112 valence electrons. The Hall–Kier alpha value is -1.42. The van der Waals surface area contributed by atoms with E-state index < -0.39 is 0 Å². The molecule has 0 radical (unpaired) electrons. The monoisotopic (exact) mass is 280 g/mol. The SMILES string of the molecule is CCCN(CC(C)(C)CN)C(=O)Cc1ccccc1F. The third kappa shape index (κ3) is 4.93. The third-order valence-electron chi connectivity index (χ3n) is 3.32. The molecule has 1 amide bonds. The summed E-state index contributed by atoms with van der Waals surface area (Å²) >= 11 is 0. The highest BCUT2D eigenvalue weighted by atomic mass is 19.1. The summed E-state index contributed by atoms with van der Waals surface area (Å²) in [6.07, 6.45) is 0.983.